The molecule has 1 unspecified atom stereocenters. The quantitative estimate of drug-likeness (QED) is 0.484. The fourth-order valence-corrected chi connectivity index (χ4v) is 3.29. The third-order valence-electron chi connectivity index (χ3n) is 3.09. The number of hydrogen-bond acceptors (Lipinski definition) is 3. The SMILES string of the molecule is C[SiH](C)OC1CCc2cc(C=C[N+](=O)[O-])c(F)cc21. The molecule has 0 N–H and O–H groups in total. The fourth-order valence-electron chi connectivity index (χ4n) is 2.35. The van der Waals surface area contributed by atoms with Crippen LogP contribution in [0.15, 0.2) is 18.3 Å². The predicted molar refractivity (Wildman–Crippen MR) is 73.5 cm³/mol. The Balaban J connectivity index is 2.28. The number of halogens is 1. The molecule has 0 fully saturated rings. The van der Waals surface area contributed by atoms with E-state index in [1.165, 1.54) is 12.1 Å². The summed E-state index contributed by atoms with van der Waals surface area (Å²) in [5.41, 5.74) is 2.19. The van der Waals surface area contributed by atoms with Gasteiger partial charge in [-0.05, 0) is 49.2 Å². The van der Waals surface area contributed by atoms with Gasteiger partial charge in [0.05, 0.1) is 11.0 Å². The second-order valence-corrected chi connectivity index (χ2v) is 7.26. The molecule has 102 valence electrons. The molecule has 1 atom stereocenters. The van der Waals surface area contributed by atoms with Gasteiger partial charge < -0.3 is 4.43 Å². The highest BCUT2D eigenvalue weighted by atomic mass is 28.3. The molecule has 0 heterocycles. The van der Waals surface area contributed by atoms with Crippen molar-refractivity contribution in [2.24, 2.45) is 0 Å². The monoisotopic (exact) mass is 281 g/mol. The average molecular weight is 281 g/mol. The number of fused-ring (bicyclic) bond motifs is 1. The minimum atomic E-state index is -1.16. The highest BCUT2D eigenvalue weighted by Crippen LogP contribution is 2.36. The lowest BCUT2D eigenvalue weighted by molar-refractivity contribution is -0.400. The zero-order valence-electron chi connectivity index (χ0n) is 10.9. The molecule has 0 aromatic heterocycles. The third-order valence-corrected chi connectivity index (χ3v) is 3.97. The summed E-state index contributed by atoms with van der Waals surface area (Å²) >= 11 is 0. The second-order valence-electron chi connectivity index (χ2n) is 4.89. The Morgan fingerprint density at radius 3 is 2.89 bits per heavy atom. The maximum Gasteiger partial charge on any atom is 0.235 e. The zero-order chi connectivity index (χ0) is 14.0. The zero-order valence-corrected chi connectivity index (χ0v) is 12.1. The molecule has 0 saturated carbocycles. The van der Waals surface area contributed by atoms with E-state index in [0.717, 1.165) is 30.2 Å². The summed E-state index contributed by atoms with van der Waals surface area (Å²) in [4.78, 5) is 9.68. The van der Waals surface area contributed by atoms with Crippen LogP contribution in [0.5, 0.6) is 0 Å². The van der Waals surface area contributed by atoms with Gasteiger partial charge in [-0.15, -0.1) is 0 Å². The van der Waals surface area contributed by atoms with Crippen LogP contribution in [-0.4, -0.2) is 14.0 Å². The van der Waals surface area contributed by atoms with Crippen LogP contribution >= 0.6 is 0 Å². The van der Waals surface area contributed by atoms with Gasteiger partial charge in [-0.3, -0.25) is 10.1 Å². The summed E-state index contributed by atoms with van der Waals surface area (Å²) in [7, 11) is -1.16. The number of aryl methyl sites for hydroxylation is 1. The molecule has 0 spiro atoms. The van der Waals surface area contributed by atoms with Crippen molar-refractivity contribution in [1.82, 2.24) is 0 Å². The van der Waals surface area contributed by atoms with Crippen molar-refractivity contribution in [3.05, 3.63) is 51.0 Å². The smallest absolute Gasteiger partial charge is 0.235 e. The Bertz CT molecular complexity index is 531. The molecule has 6 heteroatoms. The van der Waals surface area contributed by atoms with Crippen molar-refractivity contribution < 1.29 is 13.7 Å². The van der Waals surface area contributed by atoms with Crippen LogP contribution in [-0.2, 0) is 10.8 Å². The van der Waals surface area contributed by atoms with Gasteiger partial charge in [0.25, 0.3) is 0 Å². The number of benzene rings is 1. The summed E-state index contributed by atoms with van der Waals surface area (Å²) in [6.45, 7) is 4.17. The Kier molecular flexibility index (Phi) is 4.11. The van der Waals surface area contributed by atoms with E-state index in [9.17, 15) is 14.5 Å². The summed E-state index contributed by atoms with van der Waals surface area (Å²) in [5, 5.41) is 10.3. The van der Waals surface area contributed by atoms with E-state index in [1.54, 1.807) is 6.07 Å². The molecule has 0 aliphatic heterocycles. The third kappa shape index (κ3) is 3.27. The lowest BCUT2D eigenvalue weighted by atomic mass is 10.0. The van der Waals surface area contributed by atoms with E-state index < -0.39 is 19.8 Å². The molecule has 19 heavy (non-hydrogen) atoms. The predicted octanol–water partition coefficient (Wildman–Crippen LogP) is 3.06. The van der Waals surface area contributed by atoms with Crippen molar-refractivity contribution >= 4 is 15.1 Å². The summed E-state index contributed by atoms with van der Waals surface area (Å²) in [6.07, 6.45) is 3.64. The van der Waals surface area contributed by atoms with Gasteiger partial charge >= 0.3 is 0 Å². The van der Waals surface area contributed by atoms with Crippen molar-refractivity contribution in [2.75, 3.05) is 0 Å². The van der Waals surface area contributed by atoms with E-state index >= 15 is 0 Å². The molecule has 1 aliphatic rings. The van der Waals surface area contributed by atoms with Crippen LogP contribution in [0.4, 0.5) is 4.39 Å². The van der Waals surface area contributed by atoms with Crippen molar-refractivity contribution in [1.29, 1.82) is 0 Å². The number of nitrogens with zero attached hydrogens (tertiary/aromatic N) is 1. The van der Waals surface area contributed by atoms with Crippen molar-refractivity contribution in [2.45, 2.75) is 32.0 Å². The lowest BCUT2D eigenvalue weighted by Gasteiger charge is -2.16. The van der Waals surface area contributed by atoms with Gasteiger partial charge in [0, 0.05) is 11.6 Å². The highest BCUT2D eigenvalue weighted by Gasteiger charge is 2.25. The van der Waals surface area contributed by atoms with Gasteiger partial charge in [0.2, 0.25) is 6.20 Å². The van der Waals surface area contributed by atoms with Crippen molar-refractivity contribution in [3.63, 3.8) is 0 Å². The first-order valence-electron chi connectivity index (χ1n) is 6.27. The van der Waals surface area contributed by atoms with Crippen LogP contribution in [0.3, 0.4) is 0 Å². The van der Waals surface area contributed by atoms with E-state index in [-0.39, 0.29) is 11.7 Å². The van der Waals surface area contributed by atoms with E-state index in [2.05, 4.69) is 13.1 Å². The highest BCUT2D eigenvalue weighted by molar-refractivity contribution is 6.48. The van der Waals surface area contributed by atoms with Gasteiger partial charge in [0.15, 0.2) is 9.04 Å². The molecule has 1 aromatic rings. The first-order valence-corrected chi connectivity index (χ1v) is 9.05. The van der Waals surface area contributed by atoms with Gasteiger partial charge in [-0.1, -0.05) is 0 Å². The standard InChI is InChI=1S/C13H16FNO3Si/c1-19(2)18-13-4-3-9-7-10(5-6-15(16)17)12(14)8-11(9)13/h5-8,13,19H,3-4H2,1-2H3. The van der Waals surface area contributed by atoms with Crippen molar-refractivity contribution in [3.8, 4) is 0 Å². The minimum Gasteiger partial charge on any atom is -0.414 e. The van der Waals surface area contributed by atoms with Crippen LogP contribution in [0.1, 0.15) is 29.2 Å². The Morgan fingerprint density at radius 2 is 2.26 bits per heavy atom. The van der Waals surface area contributed by atoms with Crippen LogP contribution in [0.25, 0.3) is 6.08 Å². The van der Waals surface area contributed by atoms with E-state index in [1.807, 2.05) is 0 Å². The molecule has 1 aromatic carbocycles. The molecule has 0 saturated heterocycles. The molecule has 2 rings (SSSR count). The lowest BCUT2D eigenvalue weighted by Crippen LogP contribution is -2.12. The normalized spacial score (nSPS) is 18.2. The Morgan fingerprint density at radius 1 is 1.53 bits per heavy atom. The van der Waals surface area contributed by atoms with Crippen LogP contribution < -0.4 is 0 Å². The average Bonchev–Trinajstić information content (AvgIpc) is 2.68. The molecule has 0 bridgehead atoms. The summed E-state index contributed by atoms with van der Waals surface area (Å²) in [5.74, 6) is -0.433. The minimum absolute atomic E-state index is 0.00953. The second kappa shape index (κ2) is 5.62. The molecule has 0 amide bonds. The van der Waals surface area contributed by atoms with E-state index in [0.29, 0.717) is 0 Å². The topological polar surface area (TPSA) is 52.4 Å². The van der Waals surface area contributed by atoms with Gasteiger partial charge in [-0.25, -0.2) is 4.39 Å². The molecular formula is C13H16FNO3Si. The number of nitro groups is 1. The van der Waals surface area contributed by atoms with Crippen LogP contribution in [0.2, 0.25) is 13.1 Å². The number of hydrogen-bond donors (Lipinski definition) is 0. The Hall–Kier alpha value is -1.53. The number of rotatable bonds is 4. The largest absolute Gasteiger partial charge is 0.414 e. The molecular weight excluding hydrogens is 265 g/mol. The molecule has 0 radical (unpaired) electrons. The Labute approximate surface area is 112 Å². The van der Waals surface area contributed by atoms with Crippen LogP contribution in [0, 0.1) is 15.9 Å². The van der Waals surface area contributed by atoms with Gasteiger partial charge in [0.1, 0.15) is 5.82 Å². The molecule has 1 aliphatic carbocycles. The molecule has 4 nitrogen and oxygen atoms in total. The first-order chi connectivity index (χ1) is 8.97. The fraction of sp³-hybridized carbons (Fsp3) is 0.385. The van der Waals surface area contributed by atoms with Gasteiger partial charge in [-0.2, -0.15) is 0 Å². The maximum atomic E-state index is 13.9. The summed E-state index contributed by atoms with van der Waals surface area (Å²) in [6, 6.07) is 3.15. The van der Waals surface area contributed by atoms with E-state index in [4.69, 9.17) is 4.43 Å². The first kappa shape index (κ1) is 13.9. The maximum absolute atomic E-state index is 13.9. The summed E-state index contributed by atoms with van der Waals surface area (Å²) < 4.78 is 19.8.